The van der Waals surface area contributed by atoms with Crippen LogP contribution in [0.5, 0.6) is 0 Å². The number of nitrogen functional groups attached to an aromatic ring is 2. The average molecular weight is 271 g/mol. The summed E-state index contributed by atoms with van der Waals surface area (Å²) >= 11 is 11.8. The maximum atomic E-state index is 5.98. The second-order valence-electron chi connectivity index (χ2n) is 3.12. The zero-order chi connectivity index (χ0) is 12.4. The van der Waals surface area contributed by atoms with Crippen molar-refractivity contribution in [2.75, 3.05) is 16.8 Å². The molecule has 0 spiro atoms. The van der Waals surface area contributed by atoms with E-state index in [1.54, 1.807) is 18.2 Å². The Hall–Kier alpha value is -1.79. The van der Waals surface area contributed by atoms with Gasteiger partial charge in [-0.25, -0.2) is 0 Å². The number of aromatic nitrogens is 3. The van der Waals surface area contributed by atoms with Crippen molar-refractivity contribution in [2.24, 2.45) is 0 Å². The maximum absolute atomic E-state index is 5.98. The molecule has 8 heteroatoms. The van der Waals surface area contributed by atoms with Gasteiger partial charge in [0.2, 0.25) is 17.8 Å². The van der Waals surface area contributed by atoms with Crippen LogP contribution in [0.25, 0.3) is 0 Å². The molecule has 0 aliphatic carbocycles. The molecular formula is C9H8Cl2N6. The fourth-order valence-corrected chi connectivity index (χ4v) is 1.63. The highest BCUT2D eigenvalue weighted by atomic mass is 35.5. The summed E-state index contributed by atoms with van der Waals surface area (Å²) in [7, 11) is 0. The van der Waals surface area contributed by atoms with Crippen LogP contribution in [0.1, 0.15) is 0 Å². The van der Waals surface area contributed by atoms with E-state index in [0.717, 1.165) is 0 Å². The fourth-order valence-electron chi connectivity index (χ4n) is 1.18. The van der Waals surface area contributed by atoms with E-state index in [1.165, 1.54) is 0 Å². The lowest BCUT2D eigenvalue weighted by molar-refractivity contribution is 1.08. The topological polar surface area (TPSA) is 103 Å². The first-order chi connectivity index (χ1) is 8.04. The Balaban J connectivity index is 2.31. The highest BCUT2D eigenvalue weighted by Gasteiger charge is 2.05. The van der Waals surface area contributed by atoms with Gasteiger partial charge in [0.05, 0.1) is 10.7 Å². The first-order valence-corrected chi connectivity index (χ1v) is 5.29. The van der Waals surface area contributed by atoms with Crippen LogP contribution in [-0.2, 0) is 0 Å². The Kier molecular flexibility index (Phi) is 3.16. The van der Waals surface area contributed by atoms with Crippen molar-refractivity contribution in [3.8, 4) is 0 Å². The molecule has 0 atom stereocenters. The summed E-state index contributed by atoms with van der Waals surface area (Å²) in [4.78, 5) is 11.4. The number of hydrogen-bond acceptors (Lipinski definition) is 6. The van der Waals surface area contributed by atoms with E-state index >= 15 is 0 Å². The Bertz CT molecular complexity index is 539. The largest absolute Gasteiger partial charge is 0.368 e. The van der Waals surface area contributed by atoms with Gasteiger partial charge >= 0.3 is 0 Å². The van der Waals surface area contributed by atoms with E-state index in [2.05, 4.69) is 20.3 Å². The molecule has 1 heterocycles. The van der Waals surface area contributed by atoms with Crippen LogP contribution < -0.4 is 16.8 Å². The van der Waals surface area contributed by atoms with Crippen LogP contribution in [0.2, 0.25) is 10.0 Å². The second kappa shape index (κ2) is 4.60. The predicted octanol–water partition coefficient (Wildman–Crippen LogP) is 2.09. The van der Waals surface area contributed by atoms with Gasteiger partial charge in [0, 0.05) is 5.02 Å². The van der Waals surface area contributed by atoms with E-state index in [1.807, 2.05) is 0 Å². The number of hydrogen-bond donors (Lipinski definition) is 3. The minimum atomic E-state index is 0.0325. The fraction of sp³-hybridized carbons (Fsp3) is 0. The number of rotatable bonds is 2. The van der Waals surface area contributed by atoms with Crippen LogP contribution in [0, 0.1) is 0 Å². The molecule has 0 fully saturated rings. The number of nitrogens with zero attached hydrogens (tertiary/aromatic N) is 3. The third-order valence-electron chi connectivity index (χ3n) is 1.85. The Labute approximate surface area is 107 Å². The molecule has 0 aliphatic heterocycles. The number of halogens is 2. The quantitative estimate of drug-likeness (QED) is 0.772. The third-order valence-corrected chi connectivity index (χ3v) is 2.40. The normalized spacial score (nSPS) is 10.2. The first-order valence-electron chi connectivity index (χ1n) is 4.53. The third kappa shape index (κ3) is 2.86. The Morgan fingerprint density at radius 2 is 1.65 bits per heavy atom. The molecule has 5 N–H and O–H groups in total. The standard InChI is InChI=1S/C9H8Cl2N6/c10-4-1-2-6(5(11)3-4)14-9-16-7(12)15-8(13)17-9/h1-3H,(H5,12,13,14,15,16,17). The monoisotopic (exact) mass is 270 g/mol. The average Bonchev–Trinajstić information content (AvgIpc) is 2.21. The molecule has 0 saturated heterocycles. The summed E-state index contributed by atoms with van der Waals surface area (Å²) in [5.41, 5.74) is 11.5. The molecule has 0 unspecified atom stereocenters. The van der Waals surface area contributed by atoms with Crippen molar-refractivity contribution in [2.45, 2.75) is 0 Å². The van der Waals surface area contributed by atoms with Gasteiger partial charge in [0.15, 0.2) is 0 Å². The van der Waals surface area contributed by atoms with Crippen LogP contribution in [0.3, 0.4) is 0 Å². The van der Waals surface area contributed by atoms with Crippen molar-refractivity contribution < 1.29 is 0 Å². The summed E-state index contributed by atoms with van der Waals surface area (Å²) in [6.45, 7) is 0. The van der Waals surface area contributed by atoms with Gasteiger partial charge in [-0.05, 0) is 18.2 Å². The smallest absolute Gasteiger partial charge is 0.233 e. The molecule has 0 aliphatic rings. The van der Waals surface area contributed by atoms with Crippen molar-refractivity contribution >= 4 is 46.7 Å². The molecule has 17 heavy (non-hydrogen) atoms. The van der Waals surface area contributed by atoms with Crippen LogP contribution in [0.15, 0.2) is 18.2 Å². The molecule has 0 radical (unpaired) electrons. The lowest BCUT2D eigenvalue weighted by atomic mass is 10.3. The number of nitrogens with one attached hydrogen (secondary N) is 1. The first kappa shape index (κ1) is 11.7. The maximum Gasteiger partial charge on any atom is 0.233 e. The summed E-state index contributed by atoms with van der Waals surface area (Å²) in [5, 5.41) is 3.85. The van der Waals surface area contributed by atoms with Crippen LogP contribution >= 0.6 is 23.2 Å². The zero-order valence-corrected chi connectivity index (χ0v) is 10.00. The molecule has 1 aromatic heterocycles. The molecular weight excluding hydrogens is 263 g/mol. The van der Waals surface area contributed by atoms with Gasteiger partial charge in [0.25, 0.3) is 0 Å². The van der Waals surface area contributed by atoms with Crippen molar-refractivity contribution in [3.63, 3.8) is 0 Å². The highest BCUT2D eigenvalue weighted by Crippen LogP contribution is 2.27. The van der Waals surface area contributed by atoms with Crippen molar-refractivity contribution in [3.05, 3.63) is 28.2 Å². The lowest BCUT2D eigenvalue weighted by Crippen LogP contribution is -2.06. The van der Waals surface area contributed by atoms with E-state index in [-0.39, 0.29) is 17.8 Å². The predicted molar refractivity (Wildman–Crippen MR) is 68.4 cm³/mol. The Morgan fingerprint density at radius 1 is 1.00 bits per heavy atom. The van der Waals surface area contributed by atoms with Crippen LogP contribution in [0.4, 0.5) is 23.5 Å². The van der Waals surface area contributed by atoms with E-state index < -0.39 is 0 Å². The highest BCUT2D eigenvalue weighted by molar-refractivity contribution is 6.36. The number of anilines is 4. The van der Waals surface area contributed by atoms with Gasteiger partial charge in [-0.3, -0.25) is 0 Å². The van der Waals surface area contributed by atoms with E-state index in [9.17, 15) is 0 Å². The SMILES string of the molecule is Nc1nc(N)nc(Nc2ccc(Cl)cc2Cl)n1. The molecule has 6 nitrogen and oxygen atoms in total. The Morgan fingerprint density at radius 3 is 2.24 bits per heavy atom. The van der Waals surface area contributed by atoms with Gasteiger partial charge in [0.1, 0.15) is 0 Å². The summed E-state index contributed by atoms with van der Waals surface area (Å²) < 4.78 is 0. The summed E-state index contributed by atoms with van der Waals surface area (Å²) in [5.74, 6) is 0.286. The van der Waals surface area contributed by atoms with E-state index in [4.69, 9.17) is 34.7 Å². The van der Waals surface area contributed by atoms with Crippen molar-refractivity contribution in [1.29, 1.82) is 0 Å². The zero-order valence-electron chi connectivity index (χ0n) is 8.48. The number of benzene rings is 1. The molecule has 88 valence electrons. The van der Waals surface area contributed by atoms with E-state index in [0.29, 0.717) is 15.7 Å². The molecule has 1 aromatic carbocycles. The van der Waals surface area contributed by atoms with Crippen molar-refractivity contribution in [1.82, 2.24) is 15.0 Å². The molecule has 0 bridgehead atoms. The minimum Gasteiger partial charge on any atom is -0.368 e. The minimum absolute atomic E-state index is 0.0325. The van der Waals surface area contributed by atoms with Gasteiger partial charge < -0.3 is 16.8 Å². The molecule has 0 saturated carbocycles. The van der Waals surface area contributed by atoms with Gasteiger partial charge in [-0.2, -0.15) is 15.0 Å². The summed E-state index contributed by atoms with van der Waals surface area (Å²) in [6.07, 6.45) is 0. The van der Waals surface area contributed by atoms with Gasteiger partial charge in [-0.15, -0.1) is 0 Å². The lowest BCUT2D eigenvalue weighted by Gasteiger charge is -2.07. The molecule has 0 amide bonds. The summed E-state index contributed by atoms with van der Waals surface area (Å²) in [6, 6.07) is 4.98. The van der Waals surface area contributed by atoms with Crippen LogP contribution in [-0.4, -0.2) is 15.0 Å². The van der Waals surface area contributed by atoms with Gasteiger partial charge in [-0.1, -0.05) is 23.2 Å². The number of nitrogens with two attached hydrogens (primary N) is 2. The second-order valence-corrected chi connectivity index (χ2v) is 3.97. The molecule has 2 rings (SSSR count). The molecule has 2 aromatic rings.